The minimum Gasteiger partial charge on any atom is -0.289 e. The van der Waals surface area contributed by atoms with Crippen molar-refractivity contribution in [3.63, 3.8) is 0 Å². The maximum Gasteiger partial charge on any atom is 0.250 e. The van der Waals surface area contributed by atoms with Crippen LogP contribution < -0.4 is 5.32 Å². The molecule has 29 heavy (non-hydrogen) atoms. The average molecular weight is 388 g/mol. The van der Waals surface area contributed by atoms with Crippen LogP contribution in [0.4, 0.5) is 0 Å². The second kappa shape index (κ2) is 13.1. The Kier molecular flexibility index (Phi) is 10.0. The Balaban J connectivity index is 0.000000360. The Morgan fingerprint density at radius 3 is 1.93 bits per heavy atom. The molecule has 0 saturated heterocycles. The average Bonchev–Trinajstić information content (AvgIpc) is 3.12. The van der Waals surface area contributed by atoms with E-state index < -0.39 is 0 Å². The zero-order valence-electron chi connectivity index (χ0n) is 17.1. The molecular weight excluding hydrogens is 358 g/mol. The molecule has 0 radical (unpaired) electrons. The van der Waals surface area contributed by atoms with Crippen LogP contribution in [0.25, 0.3) is 0 Å². The van der Waals surface area contributed by atoms with Crippen LogP contribution in [-0.2, 0) is 22.4 Å². The number of imide groups is 1. The van der Waals surface area contributed by atoms with Crippen LogP contribution >= 0.6 is 0 Å². The quantitative estimate of drug-likeness (QED) is 0.418. The fraction of sp³-hybridized carbons (Fsp3) is 0.308. The van der Waals surface area contributed by atoms with E-state index in [9.17, 15) is 9.59 Å². The van der Waals surface area contributed by atoms with Gasteiger partial charge in [0.15, 0.2) is 0 Å². The first-order valence-corrected chi connectivity index (χ1v) is 10.3. The maximum absolute atomic E-state index is 10.0. The summed E-state index contributed by atoms with van der Waals surface area (Å²) < 4.78 is 0. The highest BCUT2D eigenvalue weighted by Gasteiger charge is 2.07. The van der Waals surface area contributed by atoms with E-state index in [-0.39, 0.29) is 11.8 Å². The van der Waals surface area contributed by atoms with E-state index in [0.717, 1.165) is 12.8 Å². The third kappa shape index (κ3) is 9.58. The molecule has 2 aromatic rings. The molecule has 0 spiro atoms. The first kappa shape index (κ1) is 22.2. The number of rotatable bonds is 7. The van der Waals surface area contributed by atoms with E-state index in [1.165, 1.54) is 49.0 Å². The number of hydrogen-bond donors (Lipinski definition) is 1. The monoisotopic (exact) mass is 387 g/mol. The number of amides is 2. The molecule has 0 saturated carbocycles. The second-order valence-electron chi connectivity index (χ2n) is 7.05. The van der Waals surface area contributed by atoms with Gasteiger partial charge in [-0.15, -0.1) is 0 Å². The fourth-order valence-electron chi connectivity index (χ4n) is 3.01. The van der Waals surface area contributed by atoms with Crippen LogP contribution in [0, 0.1) is 17.8 Å². The molecule has 2 aromatic carbocycles. The van der Waals surface area contributed by atoms with Crippen molar-refractivity contribution in [3.05, 3.63) is 83.9 Å². The normalized spacial score (nSPS) is 13.0. The highest BCUT2D eigenvalue weighted by atomic mass is 16.2. The molecule has 1 unspecified atom stereocenters. The van der Waals surface area contributed by atoms with Crippen molar-refractivity contribution < 1.29 is 9.59 Å². The molecule has 1 atom stereocenters. The van der Waals surface area contributed by atoms with Crippen molar-refractivity contribution >= 4 is 11.8 Å². The zero-order valence-corrected chi connectivity index (χ0v) is 17.1. The van der Waals surface area contributed by atoms with E-state index >= 15 is 0 Å². The standard InChI is InChI=1S/C22H26.C4H3NO2/c1-2-3-6-14-22(19-21-15-9-5-10-16-21)18-11-17-20-12-7-4-8-13-20;6-3-1-2-4(7)5-3/h4-5,7-10,12-13,15-16,22H,2-3,6,14,17,19H2,1H3;1-2H,(H,5,6,7). The van der Waals surface area contributed by atoms with Crippen LogP contribution in [-0.4, -0.2) is 11.8 Å². The van der Waals surface area contributed by atoms with Gasteiger partial charge < -0.3 is 0 Å². The second-order valence-corrected chi connectivity index (χ2v) is 7.05. The molecule has 2 amide bonds. The van der Waals surface area contributed by atoms with Gasteiger partial charge in [0, 0.05) is 24.5 Å². The van der Waals surface area contributed by atoms with Gasteiger partial charge in [0.25, 0.3) is 11.8 Å². The van der Waals surface area contributed by atoms with Gasteiger partial charge in [0.1, 0.15) is 0 Å². The topological polar surface area (TPSA) is 46.2 Å². The van der Waals surface area contributed by atoms with E-state index in [2.05, 4.69) is 79.4 Å². The summed E-state index contributed by atoms with van der Waals surface area (Å²) in [6, 6.07) is 21.3. The molecule has 0 aliphatic carbocycles. The molecule has 3 nitrogen and oxygen atoms in total. The third-order valence-electron chi connectivity index (χ3n) is 4.56. The summed E-state index contributed by atoms with van der Waals surface area (Å²) in [7, 11) is 0. The summed E-state index contributed by atoms with van der Waals surface area (Å²) in [5.74, 6) is 6.75. The number of hydrogen-bond acceptors (Lipinski definition) is 2. The summed E-state index contributed by atoms with van der Waals surface area (Å²) in [5, 5.41) is 2.03. The predicted octanol–water partition coefficient (Wildman–Crippen LogP) is 4.87. The van der Waals surface area contributed by atoms with Gasteiger partial charge in [-0.1, -0.05) is 98.7 Å². The minimum atomic E-state index is -0.329. The molecule has 3 heteroatoms. The Bertz CT molecular complexity index is 829. The molecule has 1 aliphatic rings. The highest BCUT2D eigenvalue weighted by molar-refractivity contribution is 6.12. The van der Waals surface area contributed by atoms with Crippen molar-refractivity contribution in [1.82, 2.24) is 5.32 Å². The fourth-order valence-corrected chi connectivity index (χ4v) is 3.01. The predicted molar refractivity (Wildman–Crippen MR) is 118 cm³/mol. The smallest absolute Gasteiger partial charge is 0.250 e. The number of benzene rings is 2. The van der Waals surface area contributed by atoms with E-state index in [1.807, 2.05) is 5.32 Å². The number of nitrogens with one attached hydrogen (secondary N) is 1. The maximum atomic E-state index is 10.0. The van der Waals surface area contributed by atoms with E-state index in [1.54, 1.807) is 0 Å². The van der Waals surface area contributed by atoms with Crippen molar-refractivity contribution in [3.8, 4) is 11.8 Å². The SMILES string of the molecule is CCCCCC(C#CCc1ccccc1)Cc1ccccc1.O=C1C=CC(=O)N1. The third-order valence-corrected chi connectivity index (χ3v) is 4.56. The Hall–Kier alpha value is -3.12. The summed E-state index contributed by atoms with van der Waals surface area (Å²) in [6.07, 6.45) is 9.41. The van der Waals surface area contributed by atoms with Crippen LogP contribution in [0.5, 0.6) is 0 Å². The molecular formula is C26H29NO2. The molecule has 150 valence electrons. The van der Waals surface area contributed by atoms with Gasteiger partial charge in [-0.2, -0.15) is 0 Å². The first-order chi connectivity index (χ1) is 14.2. The number of unbranched alkanes of at least 4 members (excludes halogenated alkanes) is 2. The molecule has 1 heterocycles. The molecule has 3 rings (SSSR count). The summed E-state index contributed by atoms with van der Waals surface area (Å²) in [6.45, 7) is 2.26. The van der Waals surface area contributed by atoms with Gasteiger partial charge in [0.2, 0.25) is 0 Å². The highest BCUT2D eigenvalue weighted by Crippen LogP contribution is 2.15. The van der Waals surface area contributed by atoms with Gasteiger partial charge in [-0.25, -0.2) is 0 Å². The number of carbonyl (C=O) groups excluding carboxylic acids is 2. The van der Waals surface area contributed by atoms with Crippen molar-refractivity contribution in [2.45, 2.75) is 45.4 Å². The Labute approximate surface area is 174 Å². The van der Waals surface area contributed by atoms with Crippen LogP contribution in [0.3, 0.4) is 0 Å². The molecule has 1 N–H and O–H groups in total. The van der Waals surface area contributed by atoms with E-state index in [0.29, 0.717) is 5.92 Å². The lowest BCUT2D eigenvalue weighted by Gasteiger charge is -2.10. The van der Waals surface area contributed by atoms with Gasteiger partial charge in [0.05, 0.1) is 0 Å². The first-order valence-electron chi connectivity index (χ1n) is 10.3. The molecule has 0 fully saturated rings. The van der Waals surface area contributed by atoms with Crippen LogP contribution in [0.15, 0.2) is 72.8 Å². The summed E-state index contributed by atoms with van der Waals surface area (Å²) in [4.78, 5) is 20.1. The van der Waals surface area contributed by atoms with Gasteiger partial charge in [-0.05, 0) is 24.0 Å². The Morgan fingerprint density at radius 2 is 1.41 bits per heavy atom. The lowest BCUT2D eigenvalue weighted by molar-refractivity contribution is -0.123. The lowest BCUT2D eigenvalue weighted by Crippen LogP contribution is -2.19. The number of carbonyl (C=O) groups is 2. The van der Waals surface area contributed by atoms with Crippen molar-refractivity contribution in [2.75, 3.05) is 0 Å². The van der Waals surface area contributed by atoms with Gasteiger partial charge in [-0.3, -0.25) is 14.9 Å². The minimum absolute atomic E-state index is 0.329. The summed E-state index contributed by atoms with van der Waals surface area (Å²) in [5.41, 5.74) is 2.71. The van der Waals surface area contributed by atoms with Gasteiger partial charge >= 0.3 is 0 Å². The van der Waals surface area contributed by atoms with Crippen LogP contribution in [0.1, 0.15) is 43.7 Å². The Morgan fingerprint density at radius 1 is 0.828 bits per heavy atom. The summed E-state index contributed by atoms with van der Waals surface area (Å²) >= 11 is 0. The van der Waals surface area contributed by atoms with Crippen LogP contribution in [0.2, 0.25) is 0 Å². The zero-order chi connectivity index (χ0) is 20.7. The van der Waals surface area contributed by atoms with Crippen molar-refractivity contribution in [2.24, 2.45) is 5.92 Å². The largest absolute Gasteiger partial charge is 0.289 e. The van der Waals surface area contributed by atoms with Crippen molar-refractivity contribution in [1.29, 1.82) is 0 Å². The molecule has 1 aliphatic heterocycles. The molecule has 0 aromatic heterocycles. The lowest BCUT2D eigenvalue weighted by atomic mass is 9.94. The molecule has 0 bridgehead atoms. The van der Waals surface area contributed by atoms with E-state index in [4.69, 9.17) is 0 Å².